The Morgan fingerprint density at radius 1 is 0.872 bits per heavy atom. The van der Waals surface area contributed by atoms with E-state index in [-0.39, 0.29) is 5.13 Å². The zero-order valence-corrected chi connectivity index (χ0v) is 21.5. The molecule has 0 fully saturated rings. The van der Waals surface area contributed by atoms with Gasteiger partial charge in [-0.25, -0.2) is 9.97 Å². The Hall–Kier alpha value is -4.73. The predicted molar refractivity (Wildman–Crippen MR) is 152 cm³/mol. The third kappa shape index (κ3) is 4.58. The normalized spacial score (nSPS) is 11.5. The third-order valence-corrected chi connectivity index (χ3v) is 7.55. The van der Waals surface area contributed by atoms with Crippen LogP contribution >= 0.6 is 11.3 Å². The molecule has 7 rings (SSSR count). The van der Waals surface area contributed by atoms with E-state index in [0.29, 0.717) is 22.7 Å². The molecule has 0 saturated carbocycles. The van der Waals surface area contributed by atoms with Gasteiger partial charge in [-0.3, -0.25) is 10.1 Å². The molecule has 0 saturated heterocycles. The van der Waals surface area contributed by atoms with E-state index in [0.717, 1.165) is 62.5 Å². The molecule has 0 amide bonds. The van der Waals surface area contributed by atoms with Crippen LogP contribution < -0.4 is 5.32 Å². The van der Waals surface area contributed by atoms with Crippen LogP contribution in [0.15, 0.2) is 91.4 Å². The molecule has 9 heteroatoms. The minimum atomic E-state index is -0.234. The second-order valence-electron chi connectivity index (χ2n) is 9.25. The zero-order valence-electron chi connectivity index (χ0n) is 20.6. The van der Waals surface area contributed by atoms with Gasteiger partial charge in [0.15, 0.2) is 16.6 Å². The third-order valence-electron chi connectivity index (χ3n) is 6.64. The second kappa shape index (κ2) is 9.86. The van der Waals surface area contributed by atoms with E-state index in [1.807, 2.05) is 42.7 Å². The molecule has 190 valence electrons. The lowest BCUT2D eigenvalue weighted by atomic mass is 10.0. The van der Waals surface area contributed by atoms with E-state index in [1.165, 1.54) is 11.6 Å². The minimum Gasteiger partial charge on any atom is -0.321 e. The molecule has 0 aliphatic rings. The first-order chi connectivity index (χ1) is 19.2. The predicted octanol–water partition coefficient (Wildman–Crippen LogP) is 6.72. The van der Waals surface area contributed by atoms with Crippen LogP contribution in [-0.2, 0) is 13.1 Å². The maximum absolute atomic E-state index is 13.7. The van der Waals surface area contributed by atoms with Crippen molar-refractivity contribution in [1.29, 1.82) is 0 Å². The maximum atomic E-state index is 13.7. The van der Waals surface area contributed by atoms with Gasteiger partial charge >= 0.3 is 0 Å². The molecule has 5 heterocycles. The highest BCUT2D eigenvalue weighted by Gasteiger charge is 2.17. The number of pyridine rings is 2. The fourth-order valence-corrected chi connectivity index (χ4v) is 5.50. The molecular formula is C30H22FN7S. The molecular weight excluding hydrogens is 509 g/mol. The second-order valence-corrected chi connectivity index (χ2v) is 10.3. The summed E-state index contributed by atoms with van der Waals surface area (Å²) in [5, 5.41) is 11.9. The average molecular weight is 532 g/mol. The summed E-state index contributed by atoms with van der Waals surface area (Å²) in [5.41, 5.74) is 8.15. The Kier molecular flexibility index (Phi) is 5.92. The number of hydrogen-bond donors (Lipinski definition) is 3. The van der Waals surface area contributed by atoms with Crippen molar-refractivity contribution in [3.63, 3.8) is 0 Å². The monoisotopic (exact) mass is 531 g/mol. The molecule has 0 bridgehead atoms. The van der Waals surface area contributed by atoms with Gasteiger partial charge in [0.05, 0.1) is 5.52 Å². The number of imidazole rings is 1. The first-order valence-corrected chi connectivity index (χ1v) is 13.3. The number of nitrogens with one attached hydrogen (secondary N) is 3. The van der Waals surface area contributed by atoms with E-state index in [9.17, 15) is 4.39 Å². The van der Waals surface area contributed by atoms with Crippen molar-refractivity contribution in [2.24, 2.45) is 0 Å². The van der Waals surface area contributed by atoms with E-state index < -0.39 is 0 Å². The summed E-state index contributed by atoms with van der Waals surface area (Å²) in [6.45, 7) is 1.52. The molecule has 5 aromatic heterocycles. The van der Waals surface area contributed by atoms with Crippen LogP contribution in [0.25, 0.3) is 55.2 Å². The molecule has 0 spiro atoms. The highest BCUT2D eigenvalue weighted by Crippen LogP contribution is 2.34. The highest BCUT2D eigenvalue weighted by molar-refractivity contribution is 7.14. The van der Waals surface area contributed by atoms with Crippen molar-refractivity contribution in [3.8, 4) is 33.1 Å². The first-order valence-electron chi connectivity index (χ1n) is 12.5. The van der Waals surface area contributed by atoms with Crippen molar-refractivity contribution in [3.05, 3.63) is 108 Å². The summed E-state index contributed by atoms with van der Waals surface area (Å²) in [5.74, 6) is 0.599. The highest BCUT2D eigenvalue weighted by atomic mass is 32.1. The number of nitrogens with zero attached hydrogens (tertiary/aromatic N) is 4. The molecule has 3 N–H and O–H groups in total. The summed E-state index contributed by atoms with van der Waals surface area (Å²) in [4.78, 5) is 17.9. The van der Waals surface area contributed by atoms with E-state index in [1.54, 1.807) is 12.3 Å². The van der Waals surface area contributed by atoms with Crippen molar-refractivity contribution in [2.75, 3.05) is 0 Å². The van der Waals surface area contributed by atoms with E-state index >= 15 is 0 Å². The van der Waals surface area contributed by atoms with Gasteiger partial charge in [0, 0.05) is 53.1 Å². The Labute approximate surface area is 226 Å². The van der Waals surface area contributed by atoms with E-state index in [4.69, 9.17) is 4.98 Å². The SMILES string of the molecule is Fc1ccc(-c2ccnc3[nH]c(-c4n[nH]c5ccc(-c6cncc(CNCc7ccccc7)c6)cc45)nc23)s1. The Morgan fingerprint density at radius 2 is 1.77 bits per heavy atom. The van der Waals surface area contributed by atoms with Crippen molar-refractivity contribution in [2.45, 2.75) is 13.1 Å². The summed E-state index contributed by atoms with van der Waals surface area (Å²) >= 11 is 1.09. The molecule has 7 nitrogen and oxygen atoms in total. The Bertz CT molecular complexity index is 1920. The van der Waals surface area contributed by atoms with Crippen LogP contribution in [0.2, 0.25) is 0 Å². The lowest BCUT2D eigenvalue weighted by Gasteiger charge is -2.07. The number of hydrogen-bond acceptors (Lipinski definition) is 6. The van der Waals surface area contributed by atoms with E-state index in [2.05, 4.69) is 60.8 Å². The summed E-state index contributed by atoms with van der Waals surface area (Å²) in [6, 6.07) is 23.8. The average Bonchev–Trinajstić information content (AvgIpc) is 3.71. The largest absolute Gasteiger partial charge is 0.321 e. The topological polar surface area (TPSA) is 95.2 Å². The lowest BCUT2D eigenvalue weighted by Crippen LogP contribution is -2.12. The minimum absolute atomic E-state index is 0.234. The number of halogens is 1. The number of aromatic nitrogens is 6. The summed E-state index contributed by atoms with van der Waals surface area (Å²) in [6.07, 6.45) is 5.47. The molecule has 0 atom stereocenters. The van der Waals surface area contributed by atoms with Crippen LogP contribution in [0, 0.1) is 5.13 Å². The van der Waals surface area contributed by atoms with Crippen molar-refractivity contribution in [1.82, 2.24) is 35.5 Å². The van der Waals surface area contributed by atoms with Crippen molar-refractivity contribution < 1.29 is 4.39 Å². The van der Waals surface area contributed by atoms with Gasteiger partial charge in [-0.05, 0) is 53.1 Å². The van der Waals surface area contributed by atoms with Crippen LogP contribution in [0.3, 0.4) is 0 Å². The lowest BCUT2D eigenvalue weighted by molar-refractivity contribution is 0.657. The number of thiophene rings is 1. The molecule has 7 aromatic rings. The smallest absolute Gasteiger partial charge is 0.176 e. The standard InChI is InChI=1S/C30H22FN7S/c31-26-9-8-25(39-26)22-10-11-34-29-27(22)35-30(36-29)28-23-13-20(6-7-24(23)37-38-28)21-12-19(16-33-17-21)15-32-14-18-4-2-1-3-5-18/h1-13,16-17,32H,14-15H2,(H,37,38)(H,34,35,36). The quantitative estimate of drug-likeness (QED) is 0.212. The summed E-state index contributed by atoms with van der Waals surface area (Å²) in [7, 11) is 0. The summed E-state index contributed by atoms with van der Waals surface area (Å²) < 4.78 is 13.7. The molecule has 0 unspecified atom stereocenters. The number of benzene rings is 2. The number of aromatic amines is 2. The van der Waals surface area contributed by atoms with Crippen molar-refractivity contribution >= 4 is 33.4 Å². The van der Waals surface area contributed by atoms with Gasteiger partial charge in [-0.15, -0.1) is 11.3 Å². The molecule has 39 heavy (non-hydrogen) atoms. The fraction of sp³-hybridized carbons (Fsp3) is 0.0667. The molecule has 0 radical (unpaired) electrons. The van der Waals surface area contributed by atoms with Crippen LogP contribution in [-0.4, -0.2) is 30.1 Å². The van der Waals surface area contributed by atoms with Gasteiger partial charge in [0.2, 0.25) is 0 Å². The number of fused-ring (bicyclic) bond motifs is 2. The van der Waals surface area contributed by atoms with Crippen LogP contribution in [0.5, 0.6) is 0 Å². The van der Waals surface area contributed by atoms with Gasteiger partial charge in [-0.2, -0.15) is 9.49 Å². The molecule has 2 aromatic carbocycles. The van der Waals surface area contributed by atoms with Gasteiger partial charge in [0.25, 0.3) is 0 Å². The van der Waals surface area contributed by atoms with Gasteiger partial charge < -0.3 is 10.3 Å². The van der Waals surface area contributed by atoms with Crippen LogP contribution in [0.4, 0.5) is 4.39 Å². The van der Waals surface area contributed by atoms with Crippen LogP contribution in [0.1, 0.15) is 11.1 Å². The zero-order chi connectivity index (χ0) is 26.2. The number of rotatable bonds is 7. The van der Waals surface area contributed by atoms with Gasteiger partial charge in [0.1, 0.15) is 11.2 Å². The molecule has 0 aliphatic carbocycles. The first kappa shape index (κ1) is 23.4. The Morgan fingerprint density at radius 3 is 2.64 bits per heavy atom. The number of H-pyrrole nitrogens is 2. The fourth-order valence-electron chi connectivity index (χ4n) is 4.74. The maximum Gasteiger partial charge on any atom is 0.176 e. The van der Waals surface area contributed by atoms with Gasteiger partial charge in [-0.1, -0.05) is 36.4 Å². The Balaban J connectivity index is 1.20. The molecule has 0 aliphatic heterocycles.